The quantitative estimate of drug-likeness (QED) is 0.310. The molecule has 3 heterocycles. The average Bonchev–Trinajstić information content (AvgIpc) is 3.52. The van der Waals surface area contributed by atoms with E-state index in [1.165, 1.54) is 15.3 Å². The number of carbonyl (C=O) groups is 2. The van der Waals surface area contributed by atoms with Crippen LogP contribution in [0.15, 0.2) is 53.1 Å². The normalized spacial score (nSPS) is 18.8. The van der Waals surface area contributed by atoms with E-state index in [0.29, 0.717) is 18.5 Å². The monoisotopic (exact) mass is 526 g/mol. The molecule has 1 saturated heterocycles. The molecule has 0 bridgehead atoms. The molecule has 1 fully saturated rings. The summed E-state index contributed by atoms with van der Waals surface area (Å²) in [5.74, 6) is -2.40. The Morgan fingerprint density at radius 1 is 1.19 bits per heavy atom. The minimum absolute atomic E-state index is 0.272. The molecule has 1 aliphatic heterocycles. The van der Waals surface area contributed by atoms with E-state index in [9.17, 15) is 5.11 Å². The number of furan rings is 1. The molecule has 196 valence electrons. The van der Waals surface area contributed by atoms with Gasteiger partial charge in [0.15, 0.2) is 0 Å². The number of hydrogen-bond acceptors (Lipinski definition) is 8. The fourth-order valence-electron chi connectivity index (χ4n) is 4.60. The van der Waals surface area contributed by atoms with Gasteiger partial charge in [-0.2, -0.15) is 0 Å². The second-order valence-electron chi connectivity index (χ2n) is 9.20. The molecule has 37 heavy (non-hydrogen) atoms. The molecule has 0 radical (unpaired) electrons. The summed E-state index contributed by atoms with van der Waals surface area (Å²) in [5, 5.41) is 27.6. The van der Waals surface area contributed by atoms with E-state index in [-0.39, 0.29) is 6.61 Å². The van der Waals surface area contributed by atoms with E-state index in [1.54, 1.807) is 6.26 Å². The van der Waals surface area contributed by atoms with Gasteiger partial charge in [-0.05, 0) is 63.1 Å². The number of piperidine rings is 1. The van der Waals surface area contributed by atoms with Crippen LogP contribution in [0, 0.1) is 6.92 Å². The summed E-state index contributed by atoms with van der Waals surface area (Å²) in [7, 11) is 0. The number of aliphatic hydroxyl groups is 1. The molecule has 9 nitrogen and oxygen atoms in total. The van der Waals surface area contributed by atoms with Crippen LogP contribution in [-0.4, -0.2) is 69.0 Å². The second kappa shape index (κ2) is 11.7. The number of aliphatic hydroxyl groups excluding tert-OH is 1. The Labute approximate surface area is 217 Å². The summed E-state index contributed by atoms with van der Waals surface area (Å²) < 4.78 is 12.6. The summed E-state index contributed by atoms with van der Waals surface area (Å²) in [4.78, 5) is 25.5. The number of thiazole rings is 1. The van der Waals surface area contributed by atoms with E-state index >= 15 is 0 Å². The molecule has 2 aromatic heterocycles. The lowest BCUT2D eigenvalue weighted by atomic mass is 9.92. The van der Waals surface area contributed by atoms with E-state index < -0.39 is 18.0 Å². The first-order valence-electron chi connectivity index (χ1n) is 12.1. The van der Waals surface area contributed by atoms with Crippen LogP contribution in [-0.2, 0) is 9.59 Å². The van der Waals surface area contributed by atoms with Crippen LogP contribution in [0.5, 0.6) is 5.75 Å². The molecule has 3 atom stereocenters. The molecule has 5 rings (SSSR count). The van der Waals surface area contributed by atoms with Gasteiger partial charge in [0.2, 0.25) is 0 Å². The van der Waals surface area contributed by atoms with Crippen molar-refractivity contribution in [2.24, 2.45) is 0 Å². The van der Waals surface area contributed by atoms with Gasteiger partial charge >= 0.3 is 11.9 Å². The van der Waals surface area contributed by atoms with E-state index in [2.05, 4.69) is 36.9 Å². The van der Waals surface area contributed by atoms with Gasteiger partial charge in [0.05, 0.1) is 26.9 Å². The number of hydrogen-bond donors (Lipinski definition) is 3. The number of rotatable bonds is 6. The first-order chi connectivity index (χ1) is 17.7. The van der Waals surface area contributed by atoms with Crippen LogP contribution in [0.4, 0.5) is 0 Å². The van der Waals surface area contributed by atoms with Crippen LogP contribution in [0.2, 0.25) is 0 Å². The van der Waals surface area contributed by atoms with E-state index in [4.69, 9.17) is 33.9 Å². The minimum atomic E-state index is -1.82. The van der Waals surface area contributed by atoms with Gasteiger partial charge in [-0.3, -0.25) is 4.90 Å². The standard InChI is InChI=1S/C25H28N2O3S.C2H2O4/c1-16-5-3-8-23-24(16)26-25(31-23)18-9-11-27(17(2)13-18)14-19(28)15-30-22-7-4-6-21-20(22)10-12-29-21;3-1(4)2(5)6/h3-8,10,12,17-19,28H,9,11,13-15H2,1-2H3;(H,3,4)(H,5,6)/t17-,18-,19-;/m0./s1. The predicted molar refractivity (Wildman–Crippen MR) is 140 cm³/mol. The lowest BCUT2D eigenvalue weighted by Gasteiger charge is -2.38. The summed E-state index contributed by atoms with van der Waals surface area (Å²) in [6, 6.07) is 14.4. The number of likely N-dealkylation sites (tertiary alicyclic amines) is 1. The highest BCUT2D eigenvalue weighted by Gasteiger charge is 2.29. The van der Waals surface area contributed by atoms with Crippen molar-refractivity contribution in [3.8, 4) is 5.75 Å². The lowest BCUT2D eigenvalue weighted by Crippen LogP contribution is -2.45. The Bertz CT molecular complexity index is 1370. The number of carboxylic acids is 2. The first kappa shape index (κ1) is 26.6. The zero-order valence-electron chi connectivity index (χ0n) is 20.7. The minimum Gasteiger partial charge on any atom is -0.490 e. The van der Waals surface area contributed by atoms with E-state index in [1.807, 2.05) is 35.6 Å². The van der Waals surface area contributed by atoms with Crippen molar-refractivity contribution in [2.75, 3.05) is 19.7 Å². The Hall–Kier alpha value is -3.47. The number of nitrogens with zero attached hydrogens (tertiary/aromatic N) is 2. The fraction of sp³-hybridized carbons (Fsp3) is 0.370. The van der Waals surface area contributed by atoms with Gasteiger partial charge in [-0.15, -0.1) is 11.3 Å². The zero-order valence-corrected chi connectivity index (χ0v) is 21.5. The van der Waals surface area contributed by atoms with Gasteiger partial charge < -0.3 is 24.5 Å². The van der Waals surface area contributed by atoms with Crippen LogP contribution in [0.1, 0.15) is 36.3 Å². The maximum atomic E-state index is 10.6. The molecule has 10 heteroatoms. The first-order valence-corrected chi connectivity index (χ1v) is 12.9. The van der Waals surface area contributed by atoms with Crippen molar-refractivity contribution in [3.63, 3.8) is 0 Å². The largest absolute Gasteiger partial charge is 0.490 e. The topological polar surface area (TPSA) is 133 Å². The number of fused-ring (bicyclic) bond motifs is 2. The van der Waals surface area contributed by atoms with Gasteiger partial charge in [0, 0.05) is 18.5 Å². The van der Waals surface area contributed by atoms with Crippen LogP contribution in [0.3, 0.4) is 0 Å². The predicted octanol–water partition coefficient (Wildman–Crippen LogP) is 4.51. The number of para-hydroxylation sites is 1. The van der Waals surface area contributed by atoms with Crippen molar-refractivity contribution in [1.29, 1.82) is 0 Å². The summed E-state index contributed by atoms with van der Waals surface area (Å²) in [6.45, 7) is 6.25. The fourth-order valence-corrected chi connectivity index (χ4v) is 5.79. The highest BCUT2D eigenvalue weighted by atomic mass is 32.1. The number of aliphatic carboxylic acids is 2. The van der Waals surface area contributed by atoms with Gasteiger partial charge in [-0.25, -0.2) is 14.6 Å². The second-order valence-corrected chi connectivity index (χ2v) is 10.3. The molecule has 1 aliphatic rings. The molecule has 3 N–H and O–H groups in total. The maximum absolute atomic E-state index is 10.6. The molecular weight excluding hydrogens is 496 g/mol. The molecule has 0 saturated carbocycles. The summed E-state index contributed by atoms with van der Waals surface area (Å²) >= 11 is 1.84. The third-order valence-electron chi connectivity index (χ3n) is 6.52. The molecule has 2 aromatic carbocycles. The van der Waals surface area contributed by atoms with Crippen molar-refractivity contribution in [2.45, 2.75) is 44.8 Å². The molecule has 0 spiro atoms. The Morgan fingerprint density at radius 2 is 1.95 bits per heavy atom. The van der Waals surface area contributed by atoms with Gasteiger partial charge in [0.1, 0.15) is 24.0 Å². The molecular formula is C27H30N2O7S. The number of aryl methyl sites for hydroxylation is 1. The van der Waals surface area contributed by atoms with Crippen molar-refractivity contribution >= 4 is 44.5 Å². The molecule has 0 aliphatic carbocycles. The third-order valence-corrected chi connectivity index (χ3v) is 7.70. The number of benzene rings is 2. The highest BCUT2D eigenvalue weighted by Crippen LogP contribution is 2.36. The van der Waals surface area contributed by atoms with Gasteiger partial charge in [-0.1, -0.05) is 18.2 Å². The summed E-state index contributed by atoms with van der Waals surface area (Å²) in [5.41, 5.74) is 3.20. The molecule has 0 unspecified atom stereocenters. The average molecular weight is 527 g/mol. The lowest BCUT2D eigenvalue weighted by molar-refractivity contribution is -0.159. The smallest absolute Gasteiger partial charge is 0.414 e. The Kier molecular flexibility index (Phi) is 8.42. The third kappa shape index (κ3) is 6.46. The number of aromatic nitrogens is 1. The summed E-state index contributed by atoms with van der Waals surface area (Å²) in [6.07, 6.45) is 3.27. The molecule has 0 amide bonds. The van der Waals surface area contributed by atoms with Crippen LogP contribution < -0.4 is 4.74 Å². The van der Waals surface area contributed by atoms with Crippen molar-refractivity contribution < 1.29 is 34.1 Å². The number of β-amino-alcohol motifs (C(OH)–C–C–N with tert-alkyl or cyclic N) is 1. The van der Waals surface area contributed by atoms with Gasteiger partial charge in [0.25, 0.3) is 0 Å². The Balaban J connectivity index is 0.000000480. The van der Waals surface area contributed by atoms with E-state index in [0.717, 1.165) is 41.6 Å². The zero-order chi connectivity index (χ0) is 26.5. The maximum Gasteiger partial charge on any atom is 0.414 e. The molecule has 4 aromatic rings. The SMILES string of the molecule is Cc1cccc2sc([C@H]3CCN(C[C@H](O)COc4cccc5occc45)[C@@H](C)C3)nc12.O=C(O)C(=O)O. The Morgan fingerprint density at radius 3 is 2.65 bits per heavy atom. The van der Waals surface area contributed by atoms with Crippen LogP contribution in [0.25, 0.3) is 21.2 Å². The van der Waals surface area contributed by atoms with Crippen LogP contribution >= 0.6 is 11.3 Å². The number of carboxylic acid groups (broad SMARTS) is 2. The number of ether oxygens (including phenoxy) is 1. The van der Waals surface area contributed by atoms with Crippen molar-refractivity contribution in [3.05, 3.63) is 59.3 Å². The van der Waals surface area contributed by atoms with Crippen molar-refractivity contribution in [1.82, 2.24) is 9.88 Å². The highest BCUT2D eigenvalue weighted by molar-refractivity contribution is 7.18.